The summed E-state index contributed by atoms with van der Waals surface area (Å²) < 4.78 is 7.20. The molecule has 2 heterocycles. The van der Waals surface area contributed by atoms with E-state index in [0.717, 1.165) is 37.6 Å². The van der Waals surface area contributed by atoms with Gasteiger partial charge in [-0.15, -0.1) is 0 Å². The predicted octanol–water partition coefficient (Wildman–Crippen LogP) is 2.30. The summed E-state index contributed by atoms with van der Waals surface area (Å²) in [5.41, 5.74) is 1.80. The van der Waals surface area contributed by atoms with Crippen molar-refractivity contribution in [2.75, 3.05) is 42.6 Å². The Morgan fingerprint density at radius 1 is 1.03 bits per heavy atom. The van der Waals surface area contributed by atoms with Crippen molar-refractivity contribution in [1.82, 2.24) is 20.2 Å². The summed E-state index contributed by atoms with van der Waals surface area (Å²) in [5.74, 6) is 1.00. The van der Waals surface area contributed by atoms with E-state index >= 15 is 0 Å². The lowest BCUT2D eigenvalue weighted by molar-refractivity contribution is -0.385. The van der Waals surface area contributed by atoms with E-state index in [-0.39, 0.29) is 5.69 Å². The monoisotopic (exact) mass is 395 g/mol. The largest absolute Gasteiger partial charge is 0.487 e. The molecule has 0 amide bonds. The maximum absolute atomic E-state index is 11.2. The molecule has 1 aliphatic rings. The fourth-order valence-corrected chi connectivity index (χ4v) is 3.40. The van der Waals surface area contributed by atoms with E-state index in [1.54, 1.807) is 16.8 Å². The summed E-state index contributed by atoms with van der Waals surface area (Å²) in [6, 6.07) is 14.8. The van der Waals surface area contributed by atoms with E-state index < -0.39 is 4.92 Å². The molecule has 0 atom stereocenters. The summed E-state index contributed by atoms with van der Waals surface area (Å²) in [6.07, 6.45) is 0. The lowest BCUT2D eigenvalue weighted by Crippen LogP contribution is -2.47. The first kappa shape index (κ1) is 18.7. The number of nitrogens with zero attached hydrogens (tertiary/aromatic N) is 7. The highest BCUT2D eigenvalue weighted by Crippen LogP contribution is 2.32. The summed E-state index contributed by atoms with van der Waals surface area (Å²) in [5, 5.41) is 23.3. The lowest BCUT2D eigenvalue weighted by atomic mass is 10.2. The third-order valence-corrected chi connectivity index (χ3v) is 4.82. The van der Waals surface area contributed by atoms with Crippen LogP contribution in [0.5, 0.6) is 5.75 Å². The number of hydrogen-bond donors (Lipinski definition) is 0. The van der Waals surface area contributed by atoms with Crippen LogP contribution in [-0.2, 0) is 0 Å². The number of para-hydroxylation sites is 1. The van der Waals surface area contributed by atoms with Crippen molar-refractivity contribution in [2.45, 2.75) is 6.92 Å². The van der Waals surface area contributed by atoms with Crippen LogP contribution in [0.4, 0.5) is 17.3 Å². The molecule has 150 valence electrons. The van der Waals surface area contributed by atoms with E-state index in [4.69, 9.17) is 4.74 Å². The number of ether oxygens (including phenoxy) is 1. The molecule has 3 aromatic rings. The molecular weight excluding hydrogens is 374 g/mol. The van der Waals surface area contributed by atoms with Gasteiger partial charge in [-0.1, -0.05) is 23.3 Å². The van der Waals surface area contributed by atoms with Crippen molar-refractivity contribution in [1.29, 1.82) is 0 Å². The van der Waals surface area contributed by atoms with E-state index in [0.29, 0.717) is 18.3 Å². The van der Waals surface area contributed by atoms with Crippen LogP contribution >= 0.6 is 0 Å². The van der Waals surface area contributed by atoms with E-state index in [1.807, 2.05) is 37.3 Å². The molecule has 1 aromatic heterocycles. The molecule has 0 spiro atoms. The Balaban J connectivity index is 1.49. The third-order valence-electron chi connectivity index (χ3n) is 4.82. The van der Waals surface area contributed by atoms with Gasteiger partial charge >= 0.3 is 5.69 Å². The Bertz CT molecular complexity index is 984. The molecular formula is C19H21N7O3. The van der Waals surface area contributed by atoms with Gasteiger partial charge in [-0.25, -0.2) is 0 Å². The summed E-state index contributed by atoms with van der Waals surface area (Å²) in [4.78, 5) is 15.1. The predicted molar refractivity (Wildman–Crippen MR) is 108 cm³/mol. The minimum absolute atomic E-state index is 0.0173. The van der Waals surface area contributed by atoms with Gasteiger partial charge in [-0.2, -0.15) is 4.68 Å². The molecule has 1 aliphatic heterocycles. The smallest absolute Gasteiger partial charge is 0.311 e. The van der Waals surface area contributed by atoms with Crippen LogP contribution in [-0.4, -0.2) is 57.9 Å². The van der Waals surface area contributed by atoms with E-state index in [2.05, 4.69) is 25.3 Å². The zero-order valence-electron chi connectivity index (χ0n) is 16.0. The fourth-order valence-electron chi connectivity index (χ4n) is 3.40. The standard InChI is InChI=1S/C19H21N7O3/c1-2-29-18-14-16(8-9-17(18)26(27)28)23-10-12-24(13-11-23)19-20-21-22-25(19)15-6-4-3-5-7-15/h3-9,14H,2,10-13H2,1H3. The molecule has 29 heavy (non-hydrogen) atoms. The Morgan fingerprint density at radius 3 is 2.45 bits per heavy atom. The second-order valence-electron chi connectivity index (χ2n) is 6.54. The average Bonchev–Trinajstić information content (AvgIpc) is 3.24. The highest BCUT2D eigenvalue weighted by molar-refractivity contribution is 5.60. The Morgan fingerprint density at radius 2 is 1.76 bits per heavy atom. The molecule has 1 saturated heterocycles. The van der Waals surface area contributed by atoms with Crippen molar-refractivity contribution < 1.29 is 9.66 Å². The lowest BCUT2D eigenvalue weighted by Gasteiger charge is -2.36. The van der Waals surface area contributed by atoms with Gasteiger partial charge in [-0.05, 0) is 35.5 Å². The molecule has 0 unspecified atom stereocenters. The van der Waals surface area contributed by atoms with Crippen molar-refractivity contribution in [3.05, 3.63) is 58.6 Å². The quantitative estimate of drug-likeness (QED) is 0.463. The molecule has 0 N–H and O–H groups in total. The molecule has 1 fully saturated rings. The molecule has 4 rings (SSSR count). The van der Waals surface area contributed by atoms with Gasteiger partial charge in [0, 0.05) is 44.0 Å². The number of aromatic nitrogens is 4. The molecule has 0 saturated carbocycles. The molecule has 0 bridgehead atoms. The number of anilines is 2. The van der Waals surface area contributed by atoms with Crippen LogP contribution < -0.4 is 14.5 Å². The van der Waals surface area contributed by atoms with Gasteiger partial charge in [0.1, 0.15) is 0 Å². The summed E-state index contributed by atoms with van der Waals surface area (Å²) in [7, 11) is 0. The first-order valence-electron chi connectivity index (χ1n) is 9.42. The molecule has 0 radical (unpaired) electrons. The van der Waals surface area contributed by atoms with Crippen LogP contribution in [0, 0.1) is 10.1 Å². The second kappa shape index (κ2) is 8.13. The van der Waals surface area contributed by atoms with Gasteiger partial charge in [0.2, 0.25) is 5.95 Å². The van der Waals surface area contributed by atoms with Crippen LogP contribution in [0.1, 0.15) is 6.92 Å². The van der Waals surface area contributed by atoms with Crippen molar-refractivity contribution >= 4 is 17.3 Å². The highest BCUT2D eigenvalue weighted by Gasteiger charge is 2.24. The van der Waals surface area contributed by atoms with Crippen LogP contribution in [0.2, 0.25) is 0 Å². The SMILES string of the molecule is CCOc1cc(N2CCN(c3nnnn3-c3ccccc3)CC2)ccc1[N+](=O)[O-]. The topological polar surface area (TPSA) is 102 Å². The number of tetrazole rings is 1. The van der Waals surface area contributed by atoms with Crippen molar-refractivity contribution in [2.24, 2.45) is 0 Å². The number of rotatable bonds is 6. The molecule has 10 heteroatoms. The minimum Gasteiger partial charge on any atom is -0.487 e. The van der Waals surface area contributed by atoms with Gasteiger partial charge in [0.15, 0.2) is 5.75 Å². The van der Waals surface area contributed by atoms with Crippen molar-refractivity contribution in [3.63, 3.8) is 0 Å². The minimum atomic E-state index is -0.421. The van der Waals surface area contributed by atoms with Gasteiger partial charge in [0.25, 0.3) is 0 Å². The molecule has 2 aromatic carbocycles. The Hall–Kier alpha value is -3.69. The molecule has 0 aliphatic carbocycles. The fraction of sp³-hybridized carbons (Fsp3) is 0.316. The van der Waals surface area contributed by atoms with Gasteiger partial charge in [-0.3, -0.25) is 10.1 Å². The maximum Gasteiger partial charge on any atom is 0.311 e. The zero-order valence-corrected chi connectivity index (χ0v) is 16.0. The normalized spacial score (nSPS) is 14.1. The zero-order chi connectivity index (χ0) is 20.2. The van der Waals surface area contributed by atoms with Crippen LogP contribution in [0.25, 0.3) is 5.69 Å². The van der Waals surface area contributed by atoms with Gasteiger partial charge in [0.05, 0.1) is 17.2 Å². The maximum atomic E-state index is 11.2. The second-order valence-corrected chi connectivity index (χ2v) is 6.54. The number of hydrogen-bond acceptors (Lipinski definition) is 8. The molecule has 10 nitrogen and oxygen atoms in total. The van der Waals surface area contributed by atoms with Gasteiger partial charge < -0.3 is 14.5 Å². The average molecular weight is 395 g/mol. The Kier molecular flexibility index (Phi) is 5.23. The highest BCUT2D eigenvalue weighted by atomic mass is 16.6. The number of nitro benzene ring substituents is 1. The summed E-state index contributed by atoms with van der Waals surface area (Å²) in [6.45, 7) is 5.13. The first-order chi connectivity index (χ1) is 14.2. The number of nitro groups is 1. The number of piperazine rings is 1. The number of benzene rings is 2. The van der Waals surface area contributed by atoms with Crippen LogP contribution in [0.15, 0.2) is 48.5 Å². The van der Waals surface area contributed by atoms with Crippen molar-refractivity contribution in [3.8, 4) is 11.4 Å². The first-order valence-corrected chi connectivity index (χ1v) is 9.42. The van der Waals surface area contributed by atoms with Crippen LogP contribution in [0.3, 0.4) is 0 Å². The third kappa shape index (κ3) is 3.82. The Labute approximate surface area is 167 Å². The van der Waals surface area contributed by atoms with E-state index in [1.165, 1.54) is 6.07 Å². The summed E-state index contributed by atoms with van der Waals surface area (Å²) >= 11 is 0. The van der Waals surface area contributed by atoms with E-state index in [9.17, 15) is 10.1 Å².